The number of hydrogen-bond donors (Lipinski definition) is 0. The molecular weight excluding hydrogens is 713 g/mol. The molecule has 0 spiro atoms. The molecule has 270 valence electrons. The Labute approximate surface area is 332 Å². The van der Waals surface area contributed by atoms with Gasteiger partial charge >= 0.3 is 0 Å². The van der Waals surface area contributed by atoms with Crippen molar-refractivity contribution in [3.63, 3.8) is 0 Å². The first-order chi connectivity index (χ1) is 28.7. The van der Waals surface area contributed by atoms with Gasteiger partial charge in [0.25, 0.3) is 0 Å². The Hall–Kier alpha value is -8.10. The van der Waals surface area contributed by atoms with E-state index in [1.807, 2.05) is 48.5 Å². The van der Waals surface area contributed by atoms with Crippen LogP contribution in [0.1, 0.15) is 0 Å². The summed E-state index contributed by atoms with van der Waals surface area (Å²) in [5.74, 6) is 1.55. The van der Waals surface area contributed by atoms with Gasteiger partial charge in [-0.25, -0.2) is 19.9 Å². The van der Waals surface area contributed by atoms with Gasteiger partial charge in [0, 0.05) is 86.7 Å². The van der Waals surface area contributed by atoms with E-state index in [0.717, 1.165) is 66.8 Å². The van der Waals surface area contributed by atoms with Crippen molar-refractivity contribution >= 4 is 43.2 Å². The molecule has 0 atom stereocenters. The zero-order valence-electron chi connectivity index (χ0n) is 30.9. The first kappa shape index (κ1) is 33.3. The highest BCUT2D eigenvalue weighted by molar-refractivity contribution is 6.33. The first-order valence-electron chi connectivity index (χ1n) is 19.0. The fraction of sp³-hybridized carbons (Fsp3) is 0. The van der Waals surface area contributed by atoms with Crippen LogP contribution in [0, 0.1) is 0 Å². The third-order valence-corrected chi connectivity index (χ3v) is 10.6. The van der Waals surface area contributed by atoms with Gasteiger partial charge in [-0.2, -0.15) is 0 Å². The summed E-state index contributed by atoms with van der Waals surface area (Å²) >= 11 is 0. The summed E-state index contributed by atoms with van der Waals surface area (Å²) in [5, 5.41) is 8.30. The molecule has 58 heavy (non-hydrogen) atoms. The standard InChI is InChI=1S/C50H30N8/c1-3-13-39-37(11-1)38-12-2-4-14-40(38)46-45(39)41-15-5-6-16-44(41)55-47(46)31-17-19-32(20-18-31)48-56-49(35-21-23-42(53-29-35)33-9-7-25-51-27-33)58-50(57-48)36-22-24-43(54-30-36)34-10-8-26-52-28-34/h1-30H. The van der Waals surface area contributed by atoms with Crippen LogP contribution in [0.3, 0.4) is 0 Å². The van der Waals surface area contributed by atoms with Crippen molar-refractivity contribution in [3.8, 4) is 67.9 Å². The highest BCUT2D eigenvalue weighted by atomic mass is 15.0. The molecule has 5 aromatic carbocycles. The number of aromatic nitrogens is 8. The van der Waals surface area contributed by atoms with E-state index in [4.69, 9.17) is 29.9 Å². The van der Waals surface area contributed by atoms with Gasteiger partial charge in [0.15, 0.2) is 17.5 Å². The minimum Gasteiger partial charge on any atom is -0.264 e. The van der Waals surface area contributed by atoms with E-state index in [0.29, 0.717) is 17.5 Å². The number of hydrogen-bond acceptors (Lipinski definition) is 8. The number of fused-ring (bicyclic) bond motifs is 8. The molecule has 0 aliphatic rings. The summed E-state index contributed by atoms with van der Waals surface area (Å²) in [6.07, 6.45) is 10.7. The van der Waals surface area contributed by atoms with Gasteiger partial charge in [-0.1, -0.05) is 91.0 Å². The van der Waals surface area contributed by atoms with Crippen molar-refractivity contribution in [1.29, 1.82) is 0 Å². The molecule has 0 saturated heterocycles. The molecule has 8 heteroatoms. The Balaban J connectivity index is 1.05. The van der Waals surface area contributed by atoms with E-state index in [2.05, 4.69) is 107 Å². The molecule has 0 unspecified atom stereocenters. The zero-order valence-corrected chi connectivity index (χ0v) is 30.9. The van der Waals surface area contributed by atoms with Crippen LogP contribution >= 0.6 is 0 Å². The predicted molar refractivity (Wildman–Crippen MR) is 231 cm³/mol. The van der Waals surface area contributed by atoms with Gasteiger partial charge in [-0.15, -0.1) is 0 Å². The van der Waals surface area contributed by atoms with Crippen molar-refractivity contribution in [2.75, 3.05) is 0 Å². The van der Waals surface area contributed by atoms with E-state index in [-0.39, 0.29) is 0 Å². The molecule has 0 N–H and O–H groups in total. The van der Waals surface area contributed by atoms with Crippen LogP contribution in [0.15, 0.2) is 183 Å². The van der Waals surface area contributed by atoms with E-state index in [1.165, 1.54) is 26.9 Å². The lowest BCUT2D eigenvalue weighted by Crippen LogP contribution is -2.01. The summed E-state index contributed by atoms with van der Waals surface area (Å²) in [4.78, 5) is 38.3. The van der Waals surface area contributed by atoms with Gasteiger partial charge in [0.1, 0.15) is 0 Å². The molecule has 0 radical (unpaired) electrons. The van der Waals surface area contributed by atoms with Crippen LogP contribution in [0.5, 0.6) is 0 Å². The molecule has 0 fully saturated rings. The Morgan fingerprint density at radius 2 is 0.759 bits per heavy atom. The van der Waals surface area contributed by atoms with Crippen LogP contribution in [-0.4, -0.2) is 39.9 Å². The highest BCUT2D eigenvalue weighted by Crippen LogP contribution is 2.43. The molecule has 6 heterocycles. The number of nitrogens with zero attached hydrogens (tertiary/aromatic N) is 8. The Morgan fingerprint density at radius 3 is 1.28 bits per heavy atom. The largest absolute Gasteiger partial charge is 0.264 e. The van der Waals surface area contributed by atoms with Crippen molar-refractivity contribution in [1.82, 2.24) is 39.9 Å². The average molecular weight is 743 g/mol. The fourth-order valence-corrected chi connectivity index (χ4v) is 7.80. The third kappa shape index (κ3) is 5.79. The summed E-state index contributed by atoms with van der Waals surface area (Å²) in [6.45, 7) is 0. The lowest BCUT2D eigenvalue weighted by Gasteiger charge is -2.16. The normalized spacial score (nSPS) is 11.4. The third-order valence-electron chi connectivity index (χ3n) is 10.6. The second-order valence-corrected chi connectivity index (χ2v) is 14.0. The zero-order chi connectivity index (χ0) is 38.4. The van der Waals surface area contributed by atoms with Crippen molar-refractivity contribution in [3.05, 3.63) is 183 Å². The lowest BCUT2D eigenvalue weighted by atomic mass is 9.90. The predicted octanol–water partition coefficient (Wildman–Crippen LogP) is 11.5. The average Bonchev–Trinajstić information content (AvgIpc) is 3.32. The topological polar surface area (TPSA) is 103 Å². The maximum Gasteiger partial charge on any atom is 0.165 e. The molecule has 0 saturated carbocycles. The Kier molecular flexibility index (Phi) is 7.96. The highest BCUT2D eigenvalue weighted by Gasteiger charge is 2.19. The minimum absolute atomic E-state index is 0.506. The molecular formula is C50H30N8. The quantitative estimate of drug-likeness (QED) is 0.155. The second-order valence-electron chi connectivity index (χ2n) is 14.0. The smallest absolute Gasteiger partial charge is 0.165 e. The second kappa shape index (κ2) is 13.9. The number of benzene rings is 5. The van der Waals surface area contributed by atoms with Crippen molar-refractivity contribution in [2.45, 2.75) is 0 Å². The van der Waals surface area contributed by atoms with Crippen LogP contribution in [0.4, 0.5) is 0 Å². The summed E-state index contributed by atoms with van der Waals surface area (Å²) in [7, 11) is 0. The molecule has 8 nitrogen and oxygen atoms in total. The maximum atomic E-state index is 5.34. The van der Waals surface area contributed by atoms with Crippen LogP contribution < -0.4 is 0 Å². The van der Waals surface area contributed by atoms with Gasteiger partial charge in [-0.3, -0.25) is 19.9 Å². The SMILES string of the molecule is c1cncc(-c2ccc(-c3nc(-c4ccc(-c5nc6ccccc6c6c7ccccc7c7ccccc7c56)cc4)nc(-c4ccc(-c5cccnc5)nc4)n3)cn2)c1. The lowest BCUT2D eigenvalue weighted by molar-refractivity contribution is 1.07. The summed E-state index contributed by atoms with van der Waals surface area (Å²) in [6, 6.07) is 49.8. The first-order valence-corrected chi connectivity index (χ1v) is 19.0. The molecule has 0 aliphatic heterocycles. The van der Waals surface area contributed by atoms with Gasteiger partial charge in [-0.05, 0) is 76.1 Å². The molecule has 0 aliphatic carbocycles. The van der Waals surface area contributed by atoms with Crippen LogP contribution in [-0.2, 0) is 0 Å². The fourth-order valence-electron chi connectivity index (χ4n) is 7.80. The van der Waals surface area contributed by atoms with Crippen LogP contribution in [0.25, 0.3) is 111 Å². The number of para-hydroxylation sites is 1. The summed E-state index contributed by atoms with van der Waals surface area (Å²) < 4.78 is 0. The number of rotatable bonds is 6. The van der Waals surface area contributed by atoms with Gasteiger partial charge in [0.05, 0.1) is 22.6 Å². The molecule has 0 bridgehead atoms. The van der Waals surface area contributed by atoms with E-state index >= 15 is 0 Å². The Bertz CT molecular complexity index is 3200. The van der Waals surface area contributed by atoms with E-state index < -0.39 is 0 Å². The summed E-state index contributed by atoms with van der Waals surface area (Å²) in [5.41, 5.74) is 8.74. The van der Waals surface area contributed by atoms with Crippen LogP contribution in [0.2, 0.25) is 0 Å². The number of pyridine rings is 5. The van der Waals surface area contributed by atoms with Gasteiger partial charge in [0.2, 0.25) is 0 Å². The van der Waals surface area contributed by atoms with E-state index in [9.17, 15) is 0 Å². The van der Waals surface area contributed by atoms with Crippen molar-refractivity contribution in [2.24, 2.45) is 0 Å². The molecule has 0 amide bonds. The monoisotopic (exact) mass is 742 g/mol. The minimum atomic E-state index is 0.506. The van der Waals surface area contributed by atoms with Crippen molar-refractivity contribution < 1.29 is 0 Å². The molecule has 6 aromatic heterocycles. The molecule has 11 aromatic rings. The maximum absolute atomic E-state index is 5.34. The van der Waals surface area contributed by atoms with Gasteiger partial charge < -0.3 is 0 Å². The molecule has 11 rings (SSSR count). The Morgan fingerprint density at radius 1 is 0.293 bits per heavy atom. The van der Waals surface area contributed by atoms with E-state index in [1.54, 1.807) is 37.2 Å².